The lowest BCUT2D eigenvalue weighted by molar-refractivity contribution is 0.0865. The second kappa shape index (κ2) is 8.83. The summed E-state index contributed by atoms with van der Waals surface area (Å²) in [6.45, 7) is 2.54. The smallest absolute Gasteiger partial charge is 0.267 e. The molecule has 2 aromatic carbocycles. The molecule has 0 saturated heterocycles. The first kappa shape index (κ1) is 22.7. The van der Waals surface area contributed by atoms with Crippen molar-refractivity contribution in [3.05, 3.63) is 89.6 Å². The van der Waals surface area contributed by atoms with Gasteiger partial charge in [-0.2, -0.15) is 5.10 Å². The third-order valence-electron chi connectivity index (χ3n) is 7.75. The average molecular weight is 504 g/mol. The molecule has 3 aliphatic rings. The van der Waals surface area contributed by atoms with E-state index in [9.17, 15) is 4.79 Å². The zero-order valence-corrected chi connectivity index (χ0v) is 21.5. The van der Waals surface area contributed by atoms with Crippen molar-refractivity contribution in [2.24, 2.45) is 4.99 Å². The van der Waals surface area contributed by atoms with Crippen molar-refractivity contribution in [2.75, 3.05) is 17.3 Å². The van der Waals surface area contributed by atoms with Crippen LogP contribution in [-0.4, -0.2) is 50.7 Å². The Morgan fingerprint density at radius 2 is 1.79 bits per heavy atom. The van der Waals surface area contributed by atoms with Gasteiger partial charge in [-0.3, -0.25) is 19.6 Å². The number of aliphatic imine (C=N–C) groups is 1. The Bertz CT molecular complexity index is 1560. The summed E-state index contributed by atoms with van der Waals surface area (Å²) in [5.41, 5.74) is 5.63. The number of guanidine groups is 1. The topological polar surface area (TPSA) is 78.7 Å². The van der Waals surface area contributed by atoms with Crippen molar-refractivity contribution in [2.45, 2.75) is 44.8 Å². The number of nitrogens with one attached hydrogen (secondary N) is 1. The predicted molar refractivity (Wildman–Crippen MR) is 149 cm³/mol. The van der Waals surface area contributed by atoms with Crippen molar-refractivity contribution < 1.29 is 4.79 Å². The van der Waals surface area contributed by atoms with Gasteiger partial charge in [-0.05, 0) is 56.0 Å². The number of anilines is 3. The summed E-state index contributed by atoms with van der Waals surface area (Å²) in [4.78, 5) is 27.3. The monoisotopic (exact) mass is 503 g/mol. The van der Waals surface area contributed by atoms with E-state index in [0.717, 1.165) is 59.2 Å². The summed E-state index contributed by atoms with van der Waals surface area (Å²) in [6, 6.07) is 24.9. The lowest BCUT2D eigenvalue weighted by Gasteiger charge is -2.35. The molecule has 8 nitrogen and oxygen atoms in total. The number of rotatable bonds is 5. The molecule has 2 atom stereocenters. The van der Waals surface area contributed by atoms with Crippen molar-refractivity contribution in [1.29, 1.82) is 0 Å². The number of nitrogens with zero attached hydrogens (tertiary/aromatic N) is 6. The van der Waals surface area contributed by atoms with Crippen LogP contribution in [0.15, 0.2) is 77.8 Å². The summed E-state index contributed by atoms with van der Waals surface area (Å²) in [7, 11) is 1.82. The molecular weight excluding hydrogens is 474 g/mol. The Kier molecular flexibility index (Phi) is 5.28. The zero-order valence-electron chi connectivity index (χ0n) is 21.5. The molecule has 38 heavy (non-hydrogen) atoms. The molecule has 190 valence electrons. The zero-order chi connectivity index (χ0) is 25.8. The molecule has 0 radical (unpaired) electrons. The summed E-state index contributed by atoms with van der Waals surface area (Å²) < 4.78 is 1.97. The molecule has 8 heteroatoms. The summed E-state index contributed by atoms with van der Waals surface area (Å²) in [5.74, 6) is 2.07. The first-order valence-corrected chi connectivity index (χ1v) is 13.2. The van der Waals surface area contributed by atoms with Gasteiger partial charge in [0.2, 0.25) is 5.96 Å². The number of amides is 1. The lowest BCUT2D eigenvalue weighted by atomic mass is 10.1. The molecular formula is C30H29N7O. The number of fused-ring (bicyclic) bond motifs is 5. The molecule has 1 N–H and O–H groups in total. The van der Waals surface area contributed by atoms with Crippen LogP contribution in [0.3, 0.4) is 0 Å². The van der Waals surface area contributed by atoms with Crippen LogP contribution in [0.25, 0.3) is 11.3 Å². The predicted octanol–water partition coefficient (Wildman–Crippen LogP) is 5.23. The van der Waals surface area contributed by atoms with Crippen LogP contribution in [0.4, 0.5) is 17.3 Å². The maximum Gasteiger partial charge on any atom is 0.267 e. The summed E-state index contributed by atoms with van der Waals surface area (Å²) >= 11 is 0. The molecule has 4 aromatic rings. The van der Waals surface area contributed by atoms with Gasteiger partial charge in [-0.15, -0.1) is 0 Å². The molecule has 0 spiro atoms. The van der Waals surface area contributed by atoms with Crippen LogP contribution < -0.4 is 10.2 Å². The first-order valence-electron chi connectivity index (χ1n) is 13.2. The van der Waals surface area contributed by atoms with Gasteiger partial charge < -0.3 is 5.32 Å². The number of hydrogen-bond acceptors (Lipinski definition) is 6. The van der Waals surface area contributed by atoms with E-state index in [1.807, 2.05) is 67.2 Å². The quantitative estimate of drug-likeness (QED) is 0.404. The lowest BCUT2D eigenvalue weighted by Crippen LogP contribution is -2.52. The van der Waals surface area contributed by atoms with Crippen LogP contribution in [0.1, 0.15) is 40.9 Å². The van der Waals surface area contributed by atoms with Gasteiger partial charge in [0.05, 0.1) is 24.3 Å². The molecule has 1 saturated carbocycles. The Hall–Kier alpha value is -4.46. The van der Waals surface area contributed by atoms with Gasteiger partial charge in [0.1, 0.15) is 11.4 Å². The van der Waals surface area contributed by atoms with E-state index >= 15 is 0 Å². The van der Waals surface area contributed by atoms with Gasteiger partial charge in [0, 0.05) is 24.0 Å². The highest BCUT2D eigenvalue weighted by molar-refractivity contribution is 6.21. The highest BCUT2D eigenvalue weighted by Crippen LogP contribution is 2.43. The molecule has 0 unspecified atom stereocenters. The third-order valence-corrected chi connectivity index (χ3v) is 7.75. The van der Waals surface area contributed by atoms with Crippen molar-refractivity contribution in [3.63, 3.8) is 0 Å². The first-order chi connectivity index (χ1) is 18.6. The fraction of sp³-hybridized carbons (Fsp3) is 0.267. The fourth-order valence-corrected chi connectivity index (χ4v) is 5.90. The highest BCUT2D eigenvalue weighted by Gasteiger charge is 2.49. The van der Waals surface area contributed by atoms with E-state index in [0.29, 0.717) is 17.9 Å². The van der Waals surface area contributed by atoms with Gasteiger partial charge in [0.15, 0.2) is 5.82 Å². The fourth-order valence-electron chi connectivity index (χ4n) is 5.90. The molecule has 1 fully saturated rings. The molecule has 2 aromatic heterocycles. The van der Waals surface area contributed by atoms with Gasteiger partial charge in [-0.1, -0.05) is 48.5 Å². The maximum absolute atomic E-state index is 13.7. The Morgan fingerprint density at radius 3 is 2.58 bits per heavy atom. The highest BCUT2D eigenvalue weighted by atomic mass is 16.2. The number of aryl methyl sites for hydroxylation is 1. The number of aromatic nitrogens is 3. The van der Waals surface area contributed by atoms with E-state index in [1.165, 1.54) is 0 Å². The van der Waals surface area contributed by atoms with E-state index in [2.05, 4.69) is 39.5 Å². The molecule has 1 aliphatic carbocycles. The van der Waals surface area contributed by atoms with E-state index in [4.69, 9.17) is 10.1 Å². The van der Waals surface area contributed by atoms with Crippen molar-refractivity contribution in [3.8, 4) is 11.3 Å². The second-order valence-electron chi connectivity index (χ2n) is 10.3. The number of carbonyl (C=O) groups excluding carboxylic acids is 1. The Morgan fingerprint density at radius 1 is 0.974 bits per heavy atom. The molecule has 1 amide bonds. The average Bonchev–Trinajstić information content (AvgIpc) is 3.62. The van der Waals surface area contributed by atoms with E-state index < -0.39 is 0 Å². The van der Waals surface area contributed by atoms with Crippen molar-refractivity contribution in [1.82, 2.24) is 19.7 Å². The maximum atomic E-state index is 13.7. The molecule has 0 bridgehead atoms. The second-order valence-corrected chi connectivity index (χ2v) is 10.3. The Labute approximate surface area is 221 Å². The van der Waals surface area contributed by atoms with Gasteiger partial charge in [-0.25, -0.2) is 9.67 Å². The minimum absolute atomic E-state index is 0.0828. The van der Waals surface area contributed by atoms with Crippen LogP contribution in [0.2, 0.25) is 0 Å². The van der Waals surface area contributed by atoms with Crippen LogP contribution in [-0.2, 0) is 6.54 Å². The Balaban J connectivity index is 1.30. The van der Waals surface area contributed by atoms with Gasteiger partial charge >= 0.3 is 0 Å². The third kappa shape index (κ3) is 3.67. The van der Waals surface area contributed by atoms with Crippen LogP contribution in [0.5, 0.6) is 0 Å². The van der Waals surface area contributed by atoms with Crippen molar-refractivity contribution >= 4 is 29.2 Å². The van der Waals surface area contributed by atoms with E-state index in [-0.39, 0.29) is 18.0 Å². The number of hydrogen-bond donors (Lipinski definition) is 1. The van der Waals surface area contributed by atoms with Gasteiger partial charge in [0.25, 0.3) is 5.91 Å². The minimum Gasteiger partial charge on any atom is -0.338 e. The number of para-hydroxylation sites is 1. The molecule has 2 aliphatic heterocycles. The summed E-state index contributed by atoms with van der Waals surface area (Å²) in [5, 5.41) is 8.39. The normalized spacial score (nSPS) is 19.7. The standard InChI is InChI=1S/C30H29N7O/c1-19-8-6-11-23(31-19)21-16-14-20(15-17-21)18-36-28-26(27(34-36)32-22-9-4-3-5-10-22)29(38)35(2)30-33-24-12-7-13-25(24)37(28)30/h3-6,8-11,14-17,24-25H,7,12-13,18H2,1-2H3,(H,32,34)/t24-,25+/m1/s1. The number of pyridine rings is 1. The van der Waals surface area contributed by atoms with Crippen LogP contribution in [0, 0.1) is 6.92 Å². The molecule has 4 heterocycles. The number of carbonyl (C=O) groups is 1. The SMILES string of the molecule is Cc1cccc(-c2ccc(Cn3nc(Nc4ccccc4)c4c3N3C(=N[C@@H]5CCC[C@@H]53)N(C)C4=O)cc2)n1. The van der Waals surface area contributed by atoms with Crippen LogP contribution >= 0.6 is 0 Å². The number of benzene rings is 2. The molecule has 7 rings (SSSR count). The minimum atomic E-state index is -0.0828. The van der Waals surface area contributed by atoms with E-state index in [1.54, 1.807) is 4.90 Å². The summed E-state index contributed by atoms with van der Waals surface area (Å²) in [6.07, 6.45) is 3.26. The largest absolute Gasteiger partial charge is 0.338 e.